The van der Waals surface area contributed by atoms with Gasteiger partial charge in [-0.2, -0.15) is 0 Å². The van der Waals surface area contributed by atoms with Crippen LogP contribution in [0.1, 0.15) is 70.2 Å². The molecule has 2 fully saturated rings. The van der Waals surface area contributed by atoms with Gasteiger partial charge in [0, 0.05) is 48.4 Å². The SMILES string of the molecule is CC(C)(C)CC(=O)N1[C@@H]2CC[C@H]1c1c(nc(-c3ccncc3)nc1NC1CC1)C2. The van der Waals surface area contributed by atoms with Crippen LogP contribution in [0.15, 0.2) is 24.5 Å². The van der Waals surface area contributed by atoms with Crippen LogP contribution in [-0.2, 0) is 11.2 Å². The van der Waals surface area contributed by atoms with E-state index in [0.717, 1.165) is 47.7 Å². The number of hydrogen-bond acceptors (Lipinski definition) is 5. The standard InChI is InChI=1S/C23H29N5O/c1-23(2,3)13-19(29)28-16-6-7-18(28)20-17(12-16)26-21(14-8-10-24-11-9-14)27-22(20)25-15-4-5-15/h8-11,15-16,18H,4-7,12-13H2,1-3H3,(H,25,26,27)/t16-,18+/m1/s1. The molecule has 29 heavy (non-hydrogen) atoms. The van der Waals surface area contributed by atoms with Gasteiger partial charge in [-0.3, -0.25) is 9.78 Å². The Kier molecular flexibility index (Phi) is 4.33. The summed E-state index contributed by atoms with van der Waals surface area (Å²) in [6.45, 7) is 6.40. The molecule has 2 atom stereocenters. The first-order valence-corrected chi connectivity index (χ1v) is 10.8. The van der Waals surface area contributed by atoms with Crippen LogP contribution in [0.25, 0.3) is 11.4 Å². The van der Waals surface area contributed by atoms with Crippen LogP contribution in [0.3, 0.4) is 0 Å². The predicted molar refractivity (Wildman–Crippen MR) is 112 cm³/mol. The van der Waals surface area contributed by atoms with Crippen LogP contribution in [0, 0.1) is 5.41 Å². The molecule has 0 radical (unpaired) electrons. The van der Waals surface area contributed by atoms with E-state index in [1.165, 1.54) is 12.8 Å². The number of carbonyl (C=O) groups is 1. The smallest absolute Gasteiger partial charge is 0.223 e. The summed E-state index contributed by atoms with van der Waals surface area (Å²) in [6.07, 6.45) is 9.38. The van der Waals surface area contributed by atoms with Gasteiger partial charge in [0.15, 0.2) is 5.82 Å². The van der Waals surface area contributed by atoms with Crippen LogP contribution in [-0.4, -0.2) is 37.8 Å². The molecule has 6 heteroatoms. The second-order valence-corrected chi connectivity index (χ2v) is 9.90. The second kappa shape index (κ2) is 6.78. The van der Waals surface area contributed by atoms with E-state index in [0.29, 0.717) is 12.5 Å². The molecule has 6 nitrogen and oxygen atoms in total. The average molecular weight is 392 g/mol. The quantitative estimate of drug-likeness (QED) is 0.848. The van der Waals surface area contributed by atoms with E-state index >= 15 is 0 Å². The van der Waals surface area contributed by atoms with Gasteiger partial charge in [-0.1, -0.05) is 20.8 Å². The zero-order valence-corrected chi connectivity index (χ0v) is 17.5. The van der Waals surface area contributed by atoms with Crippen LogP contribution >= 0.6 is 0 Å². The van der Waals surface area contributed by atoms with Gasteiger partial charge >= 0.3 is 0 Å². The molecule has 1 saturated heterocycles. The summed E-state index contributed by atoms with van der Waals surface area (Å²) < 4.78 is 0. The Hall–Kier alpha value is -2.50. The Balaban J connectivity index is 1.55. The maximum atomic E-state index is 13.2. The summed E-state index contributed by atoms with van der Waals surface area (Å²) in [7, 11) is 0. The molecule has 2 aromatic heterocycles. The molecule has 4 heterocycles. The number of hydrogen-bond donors (Lipinski definition) is 1. The van der Waals surface area contributed by atoms with Crippen LogP contribution < -0.4 is 5.32 Å². The van der Waals surface area contributed by atoms with E-state index in [-0.39, 0.29) is 23.4 Å². The molecule has 1 saturated carbocycles. The number of carbonyl (C=O) groups excluding carboxylic acids is 1. The van der Waals surface area contributed by atoms with Crippen molar-refractivity contribution < 1.29 is 4.79 Å². The van der Waals surface area contributed by atoms with Crippen LogP contribution in [0.2, 0.25) is 0 Å². The first-order chi connectivity index (χ1) is 13.9. The number of pyridine rings is 1. The van der Waals surface area contributed by atoms with E-state index in [4.69, 9.17) is 9.97 Å². The number of anilines is 1. The number of nitrogens with zero attached hydrogens (tertiary/aromatic N) is 4. The molecule has 152 valence electrons. The van der Waals surface area contributed by atoms with Crippen molar-refractivity contribution in [2.45, 2.75) is 77.4 Å². The van der Waals surface area contributed by atoms with Crippen molar-refractivity contribution in [3.05, 3.63) is 35.8 Å². The zero-order chi connectivity index (χ0) is 20.2. The van der Waals surface area contributed by atoms with Gasteiger partial charge in [-0.15, -0.1) is 0 Å². The lowest BCUT2D eigenvalue weighted by atomic mass is 9.89. The Bertz CT molecular complexity index is 932. The van der Waals surface area contributed by atoms with Crippen molar-refractivity contribution >= 4 is 11.7 Å². The third-order valence-electron chi connectivity index (χ3n) is 6.12. The minimum absolute atomic E-state index is 0.00635. The summed E-state index contributed by atoms with van der Waals surface area (Å²) in [5, 5.41) is 3.64. The Labute approximate surface area is 172 Å². The number of fused-ring (bicyclic) bond motifs is 4. The average Bonchev–Trinajstić information content (AvgIpc) is 3.42. The molecule has 2 bridgehead atoms. The second-order valence-electron chi connectivity index (χ2n) is 9.90. The normalized spacial score (nSPS) is 23.1. The molecule has 1 amide bonds. The summed E-state index contributed by atoms with van der Waals surface area (Å²) in [5.74, 6) is 1.96. The van der Waals surface area contributed by atoms with Gasteiger partial charge in [0.1, 0.15) is 5.82 Å². The molecule has 5 rings (SSSR count). The van der Waals surface area contributed by atoms with E-state index in [1.807, 2.05) is 12.1 Å². The molecule has 0 spiro atoms. The number of aromatic nitrogens is 3. The van der Waals surface area contributed by atoms with Crippen molar-refractivity contribution in [1.82, 2.24) is 19.9 Å². The fraction of sp³-hybridized carbons (Fsp3) is 0.565. The van der Waals surface area contributed by atoms with Crippen molar-refractivity contribution in [2.24, 2.45) is 5.41 Å². The third kappa shape index (κ3) is 3.61. The Morgan fingerprint density at radius 2 is 1.90 bits per heavy atom. The van der Waals surface area contributed by atoms with Gasteiger partial charge in [-0.25, -0.2) is 9.97 Å². The monoisotopic (exact) mass is 391 g/mol. The maximum absolute atomic E-state index is 13.2. The van der Waals surface area contributed by atoms with Crippen molar-refractivity contribution in [1.29, 1.82) is 0 Å². The van der Waals surface area contributed by atoms with E-state index < -0.39 is 0 Å². The summed E-state index contributed by atoms with van der Waals surface area (Å²) in [4.78, 5) is 29.3. The molecule has 2 aromatic rings. The lowest BCUT2D eigenvalue weighted by molar-refractivity contribution is -0.136. The molecular weight excluding hydrogens is 362 g/mol. The first-order valence-electron chi connectivity index (χ1n) is 10.8. The van der Waals surface area contributed by atoms with E-state index in [2.05, 4.69) is 36.0 Å². The lowest BCUT2D eigenvalue weighted by Gasteiger charge is -2.38. The van der Waals surface area contributed by atoms with E-state index in [9.17, 15) is 4.79 Å². The van der Waals surface area contributed by atoms with Crippen molar-refractivity contribution in [3.63, 3.8) is 0 Å². The molecule has 0 aromatic carbocycles. The highest BCUT2D eigenvalue weighted by Crippen LogP contribution is 2.47. The van der Waals surface area contributed by atoms with Crippen LogP contribution in [0.5, 0.6) is 0 Å². The van der Waals surface area contributed by atoms with Gasteiger partial charge in [0.25, 0.3) is 0 Å². The number of rotatable bonds is 4. The zero-order valence-electron chi connectivity index (χ0n) is 17.5. The molecule has 1 N–H and O–H groups in total. The lowest BCUT2D eigenvalue weighted by Crippen LogP contribution is -2.43. The largest absolute Gasteiger partial charge is 0.367 e. The van der Waals surface area contributed by atoms with Gasteiger partial charge in [-0.05, 0) is 43.2 Å². The summed E-state index contributed by atoms with van der Waals surface area (Å²) in [5.41, 5.74) is 3.25. The minimum Gasteiger partial charge on any atom is -0.367 e. The predicted octanol–water partition coefficient (Wildman–Crippen LogP) is 4.14. The topological polar surface area (TPSA) is 71.0 Å². The molecule has 3 aliphatic rings. The van der Waals surface area contributed by atoms with Gasteiger partial charge < -0.3 is 10.2 Å². The van der Waals surface area contributed by atoms with Gasteiger partial charge in [0.05, 0.1) is 11.7 Å². The maximum Gasteiger partial charge on any atom is 0.223 e. The Morgan fingerprint density at radius 1 is 1.14 bits per heavy atom. The fourth-order valence-electron chi connectivity index (χ4n) is 4.70. The highest BCUT2D eigenvalue weighted by molar-refractivity contribution is 5.79. The molecule has 1 aliphatic carbocycles. The summed E-state index contributed by atoms with van der Waals surface area (Å²) >= 11 is 0. The first kappa shape index (κ1) is 18.5. The number of amides is 1. The number of nitrogens with one attached hydrogen (secondary N) is 1. The third-order valence-corrected chi connectivity index (χ3v) is 6.12. The minimum atomic E-state index is -0.00635. The highest BCUT2D eigenvalue weighted by atomic mass is 16.2. The van der Waals surface area contributed by atoms with E-state index in [1.54, 1.807) is 12.4 Å². The molecule has 0 unspecified atom stereocenters. The molecular formula is C23H29N5O. The Morgan fingerprint density at radius 3 is 2.59 bits per heavy atom. The highest BCUT2D eigenvalue weighted by Gasteiger charge is 2.45. The van der Waals surface area contributed by atoms with Crippen molar-refractivity contribution in [2.75, 3.05) is 5.32 Å². The summed E-state index contributed by atoms with van der Waals surface area (Å²) in [6, 6.07) is 4.78. The fourth-order valence-corrected chi connectivity index (χ4v) is 4.70. The van der Waals surface area contributed by atoms with Crippen LogP contribution in [0.4, 0.5) is 5.82 Å². The van der Waals surface area contributed by atoms with Gasteiger partial charge in [0.2, 0.25) is 5.91 Å². The molecule has 2 aliphatic heterocycles. The van der Waals surface area contributed by atoms with Crippen molar-refractivity contribution in [3.8, 4) is 11.4 Å².